The maximum absolute atomic E-state index is 12.6. The molecule has 0 amide bonds. The van der Waals surface area contributed by atoms with Crippen molar-refractivity contribution < 1.29 is 14.3 Å². The number of aromatic amines is 1. The van der Waals surface area contributed by atoms with Gasteiger partial charge < -0.3 is 14.5 Å². The molecular weight excluding hydrogens is 328 g/mol. The zero-order valence-corrected chi connectivity index (χ0v) is 16.1. The topological polar surface area (TPSA) is 54.6 Å². The number of aromatic nitrogens is 1. The SMILES string of the molecule is CCOC(=O)c1c(C)[nH]c2ccc3c(c12)CC1CCCN(C)C1(CC)O3. The van der Waals surface area contributed by atoms with E-state index in [1.165, 1.54) is 6.42 Å². The van der Waals surface area contributed by atoms with Crippen LogP contribution in [0.4, 0.5) is 0 Å². The summed E-state index contributed by atoms with van der Waals surface area (Å²) in [5.74, 6) is 1.10. The molecule has 5 heteroatoms. The fraction of sp³-hybridized carbons (Fsp3) is 0.571. The van der Waals surface area contributed by atoms with Crippen LogP contribution in [-0.4, -0.2) is 41.8 Å². The van der Waals surface area contributed by atoms with Crippen molar-refractivity contribution in [3.05, 3.63) is 29.0 Å². The number of H-pyrrole nitrogens is 1. The molecule has 0 spiro atoms. The largest absolute Gasteiger partial charge is 0.472 e. The molecule has 1 aromatic heterocycles. The molecule has 0 saturated carbocycles. The van der Waals surface area contributed by atoms with Crippen molar-refractivity contribution in [2.45, 2.75) is 52.2 Å². The fourth-order valence-corrected chi connectivity index (χ4v) is 5.02. The lowest BCUT2D eigenvalue weighted by molar-refractivity contribution is -0.149. The van der Waals surface area contributed by atoms with Gasteiger partial charge in [0.05, 0.1) is 12.2 Å². The van der Waals surface area contributed by atoms with Gasteiger partial charge in [-0.1, -0.05) is 6.92 Å². The van der Waals surface area contributed by atoms with Gasteiger partial charge in [0.1, 0.15) is 5.75 Å². The first-order valence-electron chi connectivity index (χ1n) is 9.73. The third kappa shape index (κ3) is 2.37. The van der Waals surface area contributed by atoms with Crippen LogP contribution in [0.3, 0.4) is 0 Å². The van der Waals surface area contributed by atoms with E-state index in [0.717, 1.165) is 53.7 Å². The summed E-state index contributed by atoms with van der Waals surface area (Å²) in [7, 11) is 2.17. The van der Waals surface area contributed by atoms with Gasteiger partial charge in [-0.3, -0.25) is 4.90 Å². The predicted molar refractivity (Wildman–Crippen MR) is 102 cm³/mol. The van der Waals surface area contributed by atoms with Crippen LogP contribution in [-0.2, 0) is 11.2 Å². The lowest BCUT2D eigenvalue weighted by Crippen LogP contribution is -2.61. The highest BCUT2D eigenvalue weighted by molar-refractivity contribution is 6.07. The van der Waals surface area contributed by atoms with Crippen LogP contribution in [0, 0.1) is 12.8 Å². The molecule has 2 aliphatic rings. The van der Waals surface area contributed by atoms with Gasteiger partial charge in [0.2, 0.25) is 0 Å². The summed E-state index contributed by atoms with van der Waals surface area (Å²) in [6.07, 6.45) is 4.25. The molecule has 2 unspecified atom stereocenters. The maximum atomic E-state index is 12.6. The number of hydrogen-bond donors (Lipinski definition) is 1. The second-order valence-corrected chi connectivity index (χ2v) is 7.58. The lowest BCUT2D eigenvalue weighted by Gasteiger charge is -2.52. The number of fused-ring (bicyclic) bond motifs is 4. The molecule has 0 radical (unpaired) electrons. The van der Waals surface area contributed by atoms with Crippen LogP contribution in [0.1, 0.15) is 54.7 Å². The van der Waals surface area contributed by atoms with Crippen molar-refractivity contribution in [3.63, 3.8) is 0 Å². The number of carbonyl (C=O) groups is 1. The Balaban J connectivity index is 1.88. The highest BCUT2D eigenvalue weighted by Crippen LogP contribution is 2.47. The van der Waals surface area contributed by atoms with E-state index in [0.29, 0.717) is 18.1 Å². The van der Waals surface area contributed by atoms with Crippen LogP contribution in [0.2, 0.25) is 0 Å². The van der Waals surface area contributed by atoms with Crippen LogP contribution in [0.5, 0.6) is 5.75 Å². The first-order valence-corrected chi connectivity index (χ1v) is 9.73. The van der Waals surface area contributed by atoms with E-state index in [1.807, 2.05) is 19.9 Å². The van der Waals surface area contributed by atoms with Crippen LogP contribution >= 0.6 is 0 Å². The zero-order valence-electron chi connectivity index (χ0n) is 16.1. The molecule has 140 valence electrons. The fourth-order valence-electron chi connectivity index (χ4n) is 5.02. The number of aryl methyl sites for hydroxylation is 1. The quantitative estimate of drug-likeness (QED) is 0.844. The Morgan fingerprint density at radius 1 is 1.42 bits per heavy atom. The maximum Gasteiger partial charge on any atom is 0.340 e. The number of likely N-dealkylation sites (tertiary alicyclic amines) is 1. The first-order chi connectivity index (χ1) is 12.5. The third-order valence-corrected chi connectivity index (χ3v) is 6.27. The Kier molecular flexibility index (Phi) is 4.22. The first kappa shape index (κ1) is 17.4. The highest BCUT2D eigenvalue weighted by atomic mass is 16.5. The molecule has 5 nitrogen and oxygen atoms in total. The van der Waals surface area contributed by atoms with E-state index in [9.17, 15) is 4.79 Å². The Morgan fingerprint density at radius 2 is 2.23 bits per heavy atom. The molecule has 2 atom stereocenters. The van der Waals surface area contributed by atoms with E-state index >= 15 is 0 Å². The molecular formula is C21H28N2O3. The number of nitrogens with one attached hydrogen (secondary N) is 1. The Morgan fingerprint density at radius 3 is 2.96 bits per heavy atom. The molecule has 1 fully saturated rings. The van der Waals surface area contributed by atoms with Gasteiger partial charge in [-0.15, -0.1) is 0 Å². The number of benzene rings is 1. The van der Waals surface area contributed by atoms with Crippen LogP contribution < -0.4 is 4.74 Å². The molecule has 26 heavy (non-hydrogen) atoms. The molecule has 1 aromatic carbocycles. The highest BCUT2D eigenvalue weighted by Gasteiger charge is 2.49. The van der Waals surface area contributed by atoms with E-state index in [2.05, 4.69) is 29.9 Å². The van der Waals surface area contributed by atoms with Gasteiger partial charge in [-0.2, -0.15) is 0 Å². The van der Waals surface area contributed by atoms with Gasteiger partial charge in [0, 0.05) is 34.6 Å². The minimum Gasteiger partial charge on any atom is -0.472 e. The van der Waals surface area contributed by atoms with Crippen molar-refractivity contribution in [1.82, 2.24) is 9.88 Å². The van der Waals surface area contributed by atoms with Crippen molar-refractivity contribution in [2.24, 2.45) is 5.92 Å². The molecule has 2 aromatic rings. The number of nitrogens with zero attached hydrogens (tertiary/aromatic N) is 1. The van der Waals surface area contributed by atoms with Crippen LogP contribution in [0.25, 0.3) is 10.9 Å². The van der Waals surface area contributed by atoms with E-state index in [-0.39, 0.29) is 11.7 Å². The molecule has 1 saturated heterocycles. The monoisotopic (exact) mass is 356 g/mol. The number of piperidine rings is 1. The van der Waals surface area contributed by atoms with Gasteiger partial charge in [-0.05, 0) is 58.7 Å². The molecule has 0 bridgehead atoms. The third-order valence-electron chi connectivity index (χ3n) is 6.27. The van der Waals surface area contributed by atoms with E-state index in [4.69, 9.17) is 9.47 Å². The molecule has 0 aliphatic carbocycles. The van der Waals surface area contributed by atoms with Gasteiger partial charge in [0.25, 0.3) is 0 Å². The average molecular weight is 356 g/mol. The summed E-state index contributed by atoms with van der Waals surface area (Å²) < 4.78 is 12.0. The summed E-state index contributed by atoms with van der Waals surface area (Å²) in [5, 5.41) is 0.983. The van der Waals surface area contributed by atoms with Gasteiger partial charge >= 0.3 is 5.97 Å². The van der Waals surface area contributed by atoms with Crippen molar-refractivity contribution in [3.8, 4) is 5.75 Å². The molecule has 4 rings (SSSR count). The minimum absolute atomic E-state index is 0.228. The second kappa shape index (κ2) is 6.31. The Hall–Kier alpha value is -2.01. The number of rotatable bonds is 3. The summed E-state index contributed by atoms with van der Waals surface area (Å²) in [4.78, 5) is 18.3. The van der Waals surface area contributed by atoms with Crippen molar-refractivity contribution in [2.75, 3.05) is 20.2 Å². The average Bonchev–Trinajstić information content (AvgIpc) is 2.97. The molecule has 1 N–H and O–H groups in total. The summed E-state index contributed by atoms with van der Waals surface area (Å²) in [5.41, 5.74) is 3.43. The van der Waals surface area contributed by atoms with E-state index < -0.39 is 0 Å². The molecule has 2 aliphatic heterocycles. The zero-order chi connectivity index (χ0) is 18.5. The normalized spacial score (nSPS) is 25.5. The lowest BCUT2D eigenvalue weighted by atomic mass is 9.77. The summed E-state index contributed by atoms with van der Waals surface area (Å²) in [6, 6.07) is 4.08. The minimum atomic E-state index is -0.252. The predicted octanol–water partition coefficient (Wildman–Crippen LogP) is 4.04. The number of ether oxygens (including phenoxy) is 2. The standard InChI is InChI=1S/C21H28N2O3/c1-5-21-14(8-7-11-23(21)4)12-15-17(26-21)10-9-16-19(15)18(13(3)22-16)20(24)25-6-2/h9-10,14,22H,5-8,11-12H2,1-4H3. The number of carbonyl (C=O) groups excluding carboxylic acids is 1. The molecule has 3 heterocycles. The Labute approximate surface area is 154 Å². The number of hydrogen-bond acceptors (Lipinski definition) is 4. The van der Waals surface area contributed by atoms with Gasteiger partial charge in [0.15, 0.2) is 5.72 Å². The summed E-state index contributed by atoms with van der Waals surface area (Å²) in [6.45, 7) is 7.44. The Bertz CT molecular complexity index is 857. The van der Waals surface area contributed by atoms with Crippen LogP contribution in [0.15, 0.2) is 12.1 Å². The van der Waals surface area contributed by atoms with Crippen molar-refractivity contribution in [1.29, 1.82) is 0 Å². The second-order valence-electron chi connectivity index (χ2n) is 7.58. The summed E-state index contributed by atoms with van der Waals surface area (Å²) >= 11 is 0. The van der Waals surface area contributed by atoms with E-state index in [1.54, 1.807) is 0 Å². The number of esters is 1. The van der Waals surface area contributed by atoms with Crippen molar-refractivity contribution >= 4 is 16.9 Å². The van der Waals surface area contributed by atoms with Gasteiger partial charge in [-0.25, -0.2) is 4.79 Å². The smallest absolute Gasteiger partial charge is 0.340 e.